The maximum Gasteiger partial charge on any atom is 0.286 e. The molecule has 0 spiro atoms. The van der Waals surface area contributed by atoms with E-state index in [4.69, 9.17) is 9.15 Å². The van der Waals surface area contributed by atoms with Crippen LogP contribution in [0.4, 0.5) is 0 Å². The number of aromatic nitrogens is 1. The molecular formula is C22H18N2O4S. The molecule has 0 atom stereocenters. The van der Waals surface area contributed by atoms with E-state index in [-0.39, 0.29) is 5.56 Å². The van der Waals surface area contributed by atoms with Gasteiger partial charge in [0.1, 0.15) is 23.2 Å². The van der Waals surface area contributed by atoms with Crippen molar-refractivity contribution < 1.29 is 13.9 Å². The average Bonchev–Trinajstić information content (AvgIpc) is 3.05. The molecule has 0 saturated carbocycles. The Kier molecular flexibility index (Phi) is 5.14. The standard InChI is InChI=1S/C22H18N2O4S/c1-3-11-24-17-10-9-14(27-4-2)12-19(17)29-22(24)23-21(26)16-13-28-18-8-6-5-7-15(18)20(16)25/h3,5-10,12-13H,1,4,11H2,2H3. The quantitative estimate of drug-likeness (QED) is 0.467. The first-order chi connectivity index (χ1) is 14.1. The van der Waals surface area contributed by atoms with Crippen molar-refractivity contribution in [3.63, 3.8) is 0 Å². The summed E-state index contributed by atoms with van der Waals surface area (Å²) in [6.45, 7) is 6.75. The smallest absolute Gasteiger partial charge is 0.286 e. The fourth-order valence-electron chi connectivity index (χ4n) is 3.07. The van der Waals surface area contributed by atoms with Crippen molar-refractivity contribution in [2.45, 2.75) is 13.5 Å². The summed E-state index contributed by atoms with van der Waals surface area (Å²) < 4.78 is 13.8. The van der Waals surface area contributed by atoms with Gasteiger partial charge in [0.25, 0.3) is 5.91 Å². The van der Waals surface area contributed by atoms with Gasteiger partial charge in [-0.25, -0.2) is 0 Å². The molecule has 0 aliphatic rings. The Bertz CT molecular complexity index is 1360. The van der Waals surface area contributed by atoms with Gasteiger partial charge in [0.05, 0.1) is 22.2 Å². The van der Waals surface area contributed by atoms with E-state index in [1.807, 2.05) is 29.7 Å². The second-order valence-electron chi connectivity index (χ2n) is 6.24. The third kappa shape index (κ3) is 3.52. The number of carbonyl (C=O) groups is 1. The Balaban J connectivity index is 1.86. The molecule has 0 fully saturated rings. The molecule has 2 heterocycles. The molecule has 0 saturated heterocycles. The monoisotopic (exact) mass is 406 g/mol. The highest BCUT2D eigenvalue weighted by Gasteiger charge is 2.15. The zero-order valence-electron chi connectivity index (χ0n) is 15.8. The second-order valence-corrected chi connectivity index (χ2v) is 7.25. The van der Waals surface area contributed by atoms with Gasteiger partial charge in [-0.2, -0.15) is 4.99 Å². The lowest BCUT2D eigenvalue weighted by molar-refractivity contribution is 0.0995. The molecule has 0 aliphatic carbocycles. The van der Waals surface area contributed by atoms with Gasteiger partial charge in [0, 0.05) is 6.54 Å². The second kappa shape index (κ2) is 7.89. The number of carbonyl (C=O) groups excluding carboxylic acids is 1. The number of thiazole rings is 1. The highest BCUT2D eigenvalue weighted by Crippen LogP contribution is 2.23. The molecule has 0 aliphatic heterocycles. The largest absolute Gasteiger partial charge is 0.494 e. The van der Waals surface area contributed by atoms with Crippen molar-refractivity contribution >= 4 is 38.4 Å². The Morgan fingerprint density at radius 1 is 1.31 bits per heavy atom. The SMILES string of the molecule is C=CCn1c(=NC(=O)c2coc3ccccc3c2=O)sc2cc(OCC)ccc21. The van der Waals surface area contributed by atoms with Crippen LogP contribution in [0.3, 0.4) is 0 Å². The first-order valence-corrected chi connectivity index (χ1v) is 9.90. The predicted molar refractivity (Wildman–Crippen MR) is 114 cm³/mol. The van der Waals surface area contributed by atoms with Crippen molar-refractivity contribution in [2.75, 3.05) is 6.61 Å². The number of rotatable bonds is 5. The van der Waals surface area contributed by atoms with E-state index in [0.717, 1.165) is 16.0 Å². The maximum absolute atomic E-state index is 12.8. The van der Waals surface area contributed by atoms with Crippen molar-refractivity contribution in [1.29, 1.82) is 0 Å². The number of hydrogen-bond acceptors (Lipinski definition) is 5. The lowest BCUT2D eigenvalue weighted by atomic mass is 10.2. The summed E-state index contributed by atoms with van der Waals surface area (Å²) >= 11 is 1.35. The molecule has 146 valence electrons. The molecular weight excluding hydrogens is 388 g/mol. The summed E-state index contributed by atoms with van der Waals surface area (Å²) in [6.07, 6.45) is 2.91. The van der Waals surface area contributed by atoms with Crippen molar-refractivity contribution in [3.8, 4) is 5.75 Å². The van der Waals surface area contributed by atoms with Crippen LogP contribution in [0.2, 0.25) is 0 Å². The molecule has 1 amide bonds. The molecule has 29 heavy (non-hydrogen) atoms. The molecule has 4 rings (SSSR count). The van der Waals surface area contributed by atoms with E-state index in [9.17, 15) is 9.59 Å². The van der Waals surface area contributed by atoms with Gasteiger partial charge in [-0.1, -0.05) is 29.5 Å². The van der Waals surface area contributed by atoms with Crippen LogP contribution in [-0.2, 0) is 6.54 Å². The summed E-state index contributed by atoms with van der Waals surface area (Å²) in [5.41, 5.74) is 0.855. The van der Waals surface area contributed by atoms with Gasteiger partial charge < -0.3 is 13.7 Å². The fourth-order valence-corrected chi connectivity index (χ4v) is 4.14. The summed E-state index contributed by atoms with van der Waals surface area (Å²) in [6, 6.07) is 12.5. The Hall–Kier alpha value is -3.45. The fraction of sp³-hybridized carbons (Fsp3) is 0.136. The molecule has 2 aromatic heterocycles. The first-order valence-electron chi connectivity index (χ1n) is 9.09. The molecule has 2 aromatic carbocycles. The molecule has 0 N–H and O–H groups in total. The summed E-state index contributed by atoms with van der Waals surface area (Å²) in [5.74, 6) is 0.110. The van der Waals surface area contributed by atoms with E-state index in [1.54, 1.807) is 30.3 Å². The normalized spacial score (nSPS) is 11.8. The Morgan fingerprint density at radius 2 is 2.14 bits per heavy atom. The number of para-hydroxylation sites is 1. The van der Waals surface area contributed by atoms with Crippen molar-refractivity contribution in [3.05, 3.63) is 82.0 Å². The van der Waals surface area contributed by atoms with Crippen LogP contribution in [0.5, 0.6) is 5.75 Å². The van der Waals surface area contributed by atoms with E-state index in [0.29, 0.717) is 28.9 Å². The van der Waals surface area contributed by atoms with Gasteiger partial charge in [0.15, 0.2) is 4.80 Å². The average molecular weight is 406 g/mol. The van der Waals surface area contributed by atoms with E-state index < -0.39 is 11.3 Å². The van der Waals surface area contributed by atoms with Crippen LogP contribution in [0.15, 0.2) is 75.6 Å². The van der Waals surface area contributed by atoms with Crippen LogP contribution >= 0.6 is 11.3 Å². The van der Waals surface area contributed by atoms with E-state index >= 15 is 0 Å². The van der Waals surface area contributed by atoms with Crippen molar-refractivity contribution in [2.24, 2.45) is 4.99 Å². The van der Waals surface area contributed by atoms with Crippen LogP contribution in [-0.4, -0.2) is 17.1 Å². The lowest BCUT2D eigenvalue weighted by Gasteiger charge is -2.04. The minimum atomic E-state index is -0.640. The number of nitrogens with zero attached hydrogens (tertiary/aromatic N) is 2. The van der Waals surface area contributed by atoms with Crippen molar-refractivity contribution in [1.82, 2.24) is 4.57 Å². The number of amides is 1. The van der Waals surface area contributed by atoms with Crippen LogP contribution < -0.4 is 15.0 Å². The third-order valence-electron chi connectivity index (χ3n) is 4.38. The summed E-state index contributed by atoms with van der Waals surface area (Å²) in [7, 11) is 0. The molecule has 0 unspecified atom stereocenters. The van der Waals surface area contributed by atoms with E-state index in [1.165, 1.54) is 17.6 Å². The molecule has 0 radical (unpaired) electrons. The zero-order valence-corrected chi connectivity index (χ0v) is 16.6. The summed E-state index contributed by atoms with van der Waals surface area (Å²) in [4.78, 5) is 30.2. The number of benzene rings is 2. The maximum atomic E-state index is 12.8. The Morgan fingerprint density at radius 3 is 2.93 bits per heavy atom. The molecule has 6 nitrogen and oxygen atoms in total. The molecule has 0 bridgehead atoms. The highest BCUT2D eigenvalue weighted by atomic mass is 32.1. The predicted octanol–water partition coefficient (Wildman–Crippen LogP) is 4.14. The Labute approximate surface area is 170 Å². The van der Waals surface area contributed by atoms with E-state index in [2.05, 4.69) is 11.6 Å². The number of fused-ring (bicyclic) bond motifs is 2. The zero-order chi connectivity index (χ0) is 20.4. The number of hydrogen-bond donors (Lipinski definition) is 0. The number of ether oxygens (including phenoxy) is 1. The first kappa shape index (κ1) is 18.9. The molecule has 4 aromatic rings. The van der Waals surface area contributed by atoms with Crippen LogP contribution in [0.25, 0.3) is 21.2 Å². The summed E-state index contributed by atoms with van der Waals surface area (Å²) in [5, 5.41) is 0.352. The van der Waals surface area contributed by atoms with Gasteiger partial charge >= 0.3 is 0 Å². The van der Waals surface area contributed by atoms with Gasteiger partial charge in [0.2, 0.25) is 5.43 Å². The topological polar surface area (TPSA) is 73.8 Å². The number of allylic oxidation sites excluding steroid dienone is 1. The van der Waals surface area contributed by atoms with Gasteiger partial charge in [-0.3, -0.25) is 9.59 Å². The minimum absolute atomic E-state index is 0.0960. The lowest BCUT2D eigenvalue weighted by Crippen LogP contribution is -2.19. The highest BCUT2D eigenvalue weighted by molar-refractivity contribution is 7.16. The third-order valence-corrected chi connectivity index (χ3v) is 5.43. The van der Waals surface area contributed by atoms with Gasteiger partial charge in [-0.05, 0) is 37.3 Å². The van der Waals surface area contributed by atoms with Crippen LogP contribution in [0.1, 0.15) is 17.3 Å². The minimum Gasteiger partial charge on any atom is -0.494 e. The van der Waals surface area contributed by atoms with Crippen LogP contribution in [0, 0.1) is 0 Å². The molecule has 7 heteroatoms. The van der Waals surface area contributed by atoms with Gasteiger partial charge in [-0.15, -0.1) is 6.58 Å².